The summed E-state index contributed by atoms with van der Waals surface area (Å²) in [4.78, 5) is 26.3. The van der Waals surface area contributed by atoms with Gasteiger partial charge in [0.25, 0.3) is 5.91 Å². The van der Waals surface area contributed by atoms with Crippen LogP contribution in [0.5, 0.6) is 0 Å². The van der Waals surface area contributed by atoms with Crippen LogP contribution in [-0.2, 0) is 4.79 Å². The van der Waals surface area contributed by atoms with Crippen molar-refractivity contribution in [2.75, 3.05) is 13.1 Å². The highest BCUT2D eigenvalue weighted by Gasteiger charge is 2.24. The number of carbonyl (C=O) groups excluding carboxylic acids is 2. The molecule has 118 valence electrons. The molecule has 2 aromatic rings. The van der Waals surface area contributed by atoms with Crippen molar-refractivity contribution >= 4 is 53.0 Å². The highest BCUT2D eigenvalue weighted by Crippen LogP contribution is 2.19. The minimum atomic E-state index is -0.203. The average Bonchev–Trinajstić information content (AvgIpc) is 2.98. The molecule has 1 atom stereocenters. The summed E-state index contributed by atoms with van der Waals surface area (Å²) in [6.07, 6.45) is 2.09. The number of nitrogens with zero attached hydrogens (tertiary/aromatic N) is 1. The molecule has 1 aliphatic heterocycles. The molecule has 2 amide bonds. The zero-order valence-corrected chi connectivity index (χ0v) is 15.2. The van der Waals surface area contributed by atoms with Gasteiger partial charge in [-0.2, -0.15) is 0 Å². The molecule has 1 unspecified atom stereocenters. The Morgan fingerprint density at radius 1 is 1.22 bits per heavy atom. The fraction of sp³-hybridized carbons (Fsp3) is 0.294. The van der Waals surface area contributed by atoms with Gasteiger partial charge >= 0.3 is 0 Å². The van der Waals surface area contributed by atoms with E-state index in [-0.39, 0.29) is 24.3 Å². The van der Waals surface area contributed by atoms with Gasteiger partial charge in [-0.1, -0.05) is 12.1 Å². The van der Waals surface area contributed by atoms with E-state index >= 15 is 0 Å². The van der Waals surface area contributed by atoms with Gasteiger partial charge in [0.2, 0.25) is 5.91 Å². The molecule has 1 aliphatic rings. The van der Waals surface area contributed by atoms with Gasteiger partial charge < -0.3 is 10.2 Å². The second-order valence-corrected chi connectivity index (χ2v) is 7.21. The molecule has 0 bridgehead atoms. The van der Waals surface area contributed by atoms with Gasteiger partial charge in [0.05, 0.1) is 6.54 Å². The fourth-order valence-corrected chi connectivity index (χ4v) is 3.54. The van der Waals surface area contributed by atoms with Crippen LogP contribution in [0.4, 0.5) is 0 Å². The van der Waals surface area contributed by atoms with E-state index in [1.807, 2.05) is 29.2 Å². The number of hydrogen-bond acceptors (Lipinski definition) is 2. The third-order valence-electron chi connectivity index (χ3n) is 4.34. The first kappa shape index (κ1) is 16.3. The van der Waals surface area contributed by atoms with Gasteiger partial charge in [0.15, 0.2) is 0 Å². The van der Waals surface area contributed by atoms with Crippen LogP contribution in [0.15, 0.2) is 36.4 Å². The van der Waals surface area contributed by atoms with Crippen LogP contribution in [0.1, 0.15) is 23.2 Å². The Morgan fingerprint density at radius 3 is 2.70 bits per heavy atom. The summed E-state index contributed by atoms with van der Waals surface area (Å²) in [5.74, 6) is 0.0758. The SMILES string of the molecule is BC1CCCN1C(=O)CNC(=O)c1ccc2cc(I)ccc2c1. The Labute approximate surface area is 150 Å². The largest absolute Gasteiger partial charge is 0.346 e. The topological polar surface area (TPSA) is 49.4 Å². The molecule has 1 N–H and O–H groups in total. The molecule has 0 saturated carbocycles. The Bertz CT molecular complexity index is 765. The normalized spacial score (nSPS) is 17.4. The number of nitrogens with one attached hydrogen (secondary N) is 1. The Kier molecular flexibility index (Phi) is 4.89. The molecule has 0 spiro atoms. The van der Waals surface area contributed by atoms with E-state index < -0.39 is 0 Å². The summed E-state index contributed by atoms with van der Waals surface area (Å²) in [6, 6.07) is 11.7. The highest BCUT2D eigenvalue weighted by molar-refractivity contribution is 14.1. The molecular weight excluding hydrogens is 402 g/mol. The van der Waals surface area contributed by atoms with Crippen molar-refractivity contribution in [2.24, 2.45) is 0 Å². The number of rotatable bonds is 3. The van der Waals surface area contributed by atoms with Crippen molar-refractivity contribution in [3.8, 4) is 0 Å². The monoisotopic (exact) mass is 420 g/mol. The van der Waals surface area contributed by atoms with Crippen LogP contribution in [0, 0.1) is 3.57 Å². The Hall–Kier alpha value is -1.57. The van der Waals surface area contributed by atoms with E-state index in [1.165, 1.54) is 0 Å². The molecule has 2 aromatic carbocycles. The van der Waals surface area contributed by atoms with Crippen molar-refractivity contribution in [1.29, 1.82) is 0 Å². The van der Waals surface area contributed by atoms with Crippen LogP contribution >= 0.6 is 22.6 Å². The standard InChI is InChI=1S/C17H18BIN2O2/c18-15-2-1-7-21(15)16(22)10-20-17(23)13-4-3-12-9-14(19)6-5-11(12)8-13/h3-6,8-9,15H,1-2,7,10,18H2,(H,20,23). The smallest absolute Gasteiger partial charge is 0.251 e. The number of halogens is 1. The molecule has 0 radical (unpaired) electrons. The van der Waals surface area contributed by atoms with Gasteiger partial charge in [-0.05, 0) is 76.4 Å². The summed E-state index contributed by atoms with van der Waals surface area (Å²) >= 11 is 2.27. The second-order valence-electron chi connectivity index (χ2n) is 5.97. The van der Waals surface area contributed by atoms with Crippen molar-refractivity contribution in [2.45, 2.75) is 18.8 Å². The lowest BCUT2D eigenvalue weighted by atomic mass is 9.94. The minimum Gasteiger partial charge on any atom is -0.346 e. The third-order valence-corrected chi connectivity index (χ3v) is 5.01. The maximum atomic E-state index is 12.3. The van der Waals surface area contributed by atoms with Gasteiger partial charge in [-0.3, -0.25) is 9.59 Å². The Morgan fingerprint density at radius 2 is 1.96 bits per heavy atom. The number of likely N-dealkylation sites (tertiary alicyclic amines) is 1. The molecule has 1 saturated heterocycles. The molecule has 1 fully saturated rings. The molecule has 23 heavy (non-hydrogen) atoms. The second kappa shape index (κ2) is 6.90. The number of benzene rings is 2. The summed E-state index contributed by atoms with van der Waals surface area (Å²) in [7, 11) is 2.05. The van der Waals surface area contributed by atoms with Crippen LogP contribution in [0.25, 0.3) is 10.8 Å². The van der Waals surface area contributed by atoms with Gasteiger partial charge in [0.1, 0.15) is 7.85 Å². The zero-order chi connectivity index (χ0) is 16.4. The summed E-state index contributed by atoms with van der Waals surface area (Å²) < 4.78 is 1.16. The average molecular weight is 420 g/mol. The summed E-state index contributed by atoms with van der Waals surface area (Å²) in [5, 5.41) is 4.87. The van der Waals surface area contributed by atoms with Gasteiger partial charge in [-0.25, -0.2) is 0 Å². The van der Waals surface area contributed by atoms with Crippen LogP contribution in [-0.4, -0.2) is 43.6 Å². The molecular formula is C17H18BIN2O2. The molecule has 1 heterocycles. The highest BCUT2D eigenvalue weighted by atomic mass is 127. The molecule has 6 heteroatoms. The fourth-order valence-electron chi connectivity index (χ4n) is 3.02. The van der Waals surface area contributed by atoms with Crippen molar-refractivity contribution < 1.29 is 9.59 Å². The third kappa shape index (κ3) is 3.68. The predicted molar refractivity (Wildman–Crippen MR) is 102 cm³/mol. The molecule has 4 nitrogen and oxygen atoms in total. The zero-order valence-electron chi connectivity index (χ0n) is 13.0. The lowest BCUT2D eigenvalue weighted by molar-refractivity contribution is -0.129. The number of amides is 2. The van der Waals surface area contributed by atoms with E-state index in [0.29, 0.717) is 5.56 Å². The van der Waals surface area contributed by atoms with Crippen molar-refractivity contribution in [1.82, 2.24) is 10.2 Å². The summed E-state index contributed by atoms with van der Waals surface area (Å²) in [5.41, 5.74) is 0.584. The van der Waals surface area contributed by atoms with Gasteiger partial charge in [-0.15, -0.1) is 0 Å². The first-order valence-corrected chi connectivity index (χ1v) is 8.89. The first-order chi connectivity index (χ1) is 11.0. The quantitative estimate of drug-likeness (QED) is 0.608. The molecule has 0 aliphatic carbocycles. The van der Waals surface area contributed by atoms with Gasteiger partial charge in [0, 0.05) is 15.7 Å². The van der Waals surface area contributed by atoms with E-state index in [0.717, 1.165) is 33.7 Å². The van der Waals surface area contributed by atoms with Crippen LogP contribution in [0.3, 0.4) is 0 Å². The number of carbonyl (C=O) groups is 2. The maximum Gasteiger partial charge on any atom is 0.251 e. The van der Waals surface area contributed by atoms with Crippen molar-refractivity contribution in [3.63, 3.8) is 0 Å². The molecule has 3 rings (SSSR count). The maximum absolute atomic E-state index is 12.3. The predicted octanol–water partition coefficient (Wildman–Crippen LogP) is 1.76. The lowest BCUT2D eigenvalue weighted by Gasteiger charge is -2.21. The molecule has 0 aromatic heterocycles. The number of fused-ring (bicyclic) bond motifs is 1. The van der Waals surface area contributed by atoms with E-state index in [2.05, 4.69) is 41.8 Å². The lowest BCUT2D eigenvalue weighted by Crippen LogP contribution is -2.42. The van der Waals surface area contributed by atoms with Crippen LogP contribution in [0.2, 0.25) is 0 Å². The van der Waals surface area contributed by atoms with E-state index in [4.69, 9.17) is 0 Å². The van der Waals surface area contributed by atoms with Crippen molar-refractivity contribution in [3.05, 3.63) is 45.5 Å². The van der Waals surface area contributed by atoms with Crippen LogP contribution < -0.4 is 5.32 Å². The summed E-state index contributed by atoms with van der Waals surface area (Å²) in [6.45, 7) is 0.860. The number of hydrogen-bond donors (Lipinski definition) is 1. The van der Waals surface area contributed by atoms with E-state index in [9.17, 15) is 9.59 Å². The minimum absolute atomic E-state index is 0.00121. The first-order valence-electron chi connectivity index (χ1n) is 7.81. The Balaban J connectivity index is 1.66. The van der Waals surface area contributed by atoms with E-state index in [1.54, 1.807) is 6.07 Å².